The van der Waals surface area contributed by atoms with Gasteiger partial charge in [0.05, 0.1) is 18.9 Å². The molecule has 0 fully saturated rings. The van der Waals surface area contributed by atoms with Gasteiger partial charge in [0.1, 0.15) is 0 Å². The lowest BCUT2D eigenvalue weighted by molar-refractivity contribution is 0.154. The Bertz CT molecular complexity index is 403. The molecule has 2 rings (SSSR count). The first-order chi connectivity index (χ1) is 8.77. The lowest BCUT2D eigenvalue weighted by atomic mass is 9.92. The lowest BCUT2D eigenvalue weighted by Gasteiger charge is -2.25. The van der Waals surface area contributed by atoms with Gasteiger partial charge >= 0.3 is 0 Å². The average Bonchev–Trinajstić information content (AvgIpc) is 2.38. The van der Waals surface area contributed by atoms with E-state index in [4.69, 9.17) is 4.74 Å². The van der Waals surface area contributed by atoms with Gasteiger partial charge in [-0.1, -0.05) is 18.2 Å². The van der Waals surface area contributed by atoms with Crippen molar-refractivity contribution in [2.24, 2.45) is 0 Å². The molecule has 0 radical (unpaired) electrons. The molecule has 1 atom stereocenters. The molecule has 3 nitrogen and oxygen atoms in total. The van der Waals surface area contributed by atoms with Gasteiger partial charge in [0.25, 0.3) is 0 Å². The highest BCUT2D eigenvalue weighted by molar-refractivity contribution is 5.25. The van der Waals surface area contributed by atoms with Crippen LogP contribution in [0.25, 0.3) is 0 Å². The van der Waals surface area contributed by atoms with Crippen LogP contribution >= 0.6 is 0 Å². The fourth-order valence-electron chi connectivity index (χ4n) is 2.36. The second kappa shape index (κ2) is 6.66. The maximum Gasteiger partial charge on any atom is 0.0672 e. The molecule has 1 aromatic rings. The van der Waals surface area contributed by atoms with Crippen LogP contribution in [0.15, 0.2) is 30.5 Å². The molecule has 1 unspecified atom stereocenters. The molecule has 0 aromatic carbocycles. The molecule has 1 N–H and O–H groups in total. The summed E-state index contributed by atoms with van der Waals surface area (Å²) in [6, 6.07) is 4.61. The zero-order valence-electron chi connectivity index (χ0n) is 11.1. The van der Waals surface area contributed by atoms with Gasteiger partial charge in [-0.05, 0) is 37.8 Å². The van der Waals surface area contributed by atoms with Crippen LogP contribution in [0.1, 0.15) is 37.1 Å². The van der Waals surface area contributed by atoms with Crippen molar-refractivity contribution in [2.45, 2.75) is 32.2 Å². The quantitative estimate of drug-likeness (QED) is 0.619. The minimum absolute atomic E-state index is 0.392. The number of rotatable bonds is 6. The Morgan fingerprint density at radius 3 is 3.33 bits per heavy atom. The number of nitrogens with one attached hydrogen (secondary N) is 1. The maximum absolute atomic E-state index is 5.49. The van der Waals surface area contributed by atoms with Crippen LogP contribution in [-0.2, 0) is 11.2 Å². The Labute approximate surface area is 109 Å². The molecule has 1 aliphatic rings. The highest BCUT2D eigenvalue weighted by Gasteiger charge is 2.20. The third-order valence-corrected chi connectivity index (χ3v) is 3.18. The zero-order chi connectivity index (χ0) is 12.8. The summed E-state index contributed by atoms with van der Waals surface area (Å²) >= 11 is 0. The average molecular weight is 246 g/mol. The fraction of sp³-hybridized carbons (Fsp3) is 0.533. The van der Waals surface area contributed by atoms with Gasteiger partial charge in [-0.3, -0.25) is 4.98 Å². The van der Waals surface area contributed by atoms with Crippen LogP contribution in [0.3, 0.4) is 0 Å². The van der Waals surface area contributed by atoms with E-state index in [2.05, 4.69) is 22.9 Å². The van der Waals surface area contributed by atoms with E-state index in [-0.39, 0.29) is 0 Å². The maximum atomic E-state index is 5.49. The molecule has 0 saturated heterocycles. The van der Waals surface area contributed by atoms with Crippen molar-refractivity contribution in [1.29, 1.82) is 0 Å². The van der Waals surface area contributed by atoms with Crippen LogP contribution in [-0.4, -0.2) is 24.7 Å². The molecule has 0 aliphatic heterocycles. The summed E-state index contributed by atoms with van der Waals surface area (Å²) in [7, 11) is 0. The molecule has 0 amide bonds. The Kier molecular flexibility index (Phi) is 4.90. The first-order valence-electron chi connectivity index (χ1n) is 6.66. The number of hydrogen-bond acceptors (Lipinski definition) is 3. The molecule has 0 saturated carbocycles. The van der Waals surface area contributed by atoms with Crippen molar-refractivity contribution in [1.82, 2.24) is 10.3 Å². The SMILES string of the molecule is C=C(C)COCCNC1CCCc2cccnc21. The number of aromatic nitrogens is 1. The molecule has 0 bridgehead atoms. The van der Waals surface area contributed by atoms with Crippen LogP contribution in [0.5, 0.6) is 0 Å². The van der Waals surface area contributed by atoms with E-state index in [1.165, 1.54) is 24.1 Å². The topological polar surface area (TPSA) is 34.1 Å². The normalized spacial score (nSPS) is 18.4. The number of nitrogens with zero attached hydrogens (tertiary/aromatic N) is 1. The first-order valence-corrected chi connectivity index (χ1v) is 6.66. The van der Waals surface area contributed by atoms with E-state index in [9.17, 15) is 0 Å². The summed E-state index contributed by atoms with van der Waals surface area (Å²) in [6.07, 6.45) is 5.46. The van der Waals surface area contributed by atoms with Crippen LogP contribution in [0.2, 0.25) is 0 Å². The molecular weight excluding hydrogens is 224 g/mol. The summed E-state index contributed by atoms with van der Waals surface area (Å²) in [5.74, 6) is 0. The monoisotopic (exact) mass is 246 g/mol. The largest absolute Gasteiger partial charge is 0.376 e. The smallest absolute Gasteiger partial charge is 0.0672 e. The number of pyridine rings is 1. The number of fused-ring (bicyclic) bond motifs is 1. The highest BCUT2D eigenvalue weighted by Crippen LogP contribution is 2.27. The van der Waals surface area contributed by atoms with Gasteiger partial charge < -0.3 is 10.1 Å². The number of aryl methyl sites for hydroxylation is 1. The summed E-state index contributed by atoms with van der Waals surface area (Å²) in [6.45, 7) is 8.05. The molecular formula is C15H22N2O. The van der Waals surface area contributed by atoms with Gasteiger partial charge in [-0.15, -0.1) is 0 Å². The summed E-state index contributed by atoms with van der Waals surface area (Å²) in [5, 5.41) is 3.53. The molecule has 98 valence electrons. The van der Waals surface area contributed by atoms with Gasteiger partial charge in [0, 0.05) is 18.8 Å². The number of ether oxygens (including phenoxy) is 1. The van der Waals surface area contributed by atoms with Crippen molar-refractivity contribution >= 4 is 0 Å². The molecule has 18 heavy (non-hydrogen) atoms. The highest BCUT2D eigenvalue weighted by atomic mass is 16.5. The van der Waals surface area contributed by atoms with Crippen LogP contribution in [0.4, 0.5) is 0 Å². The predicted octanol–water partition coefficient (Wildman–Crippen LogP) is 2.64. The zero-order valence-corrected chi connectivity index (χ0v) is 11.1. The molecule has 1 heterocycles. The van der Waals surface area contributed by atoms with Crippen molar-refractivity contribution in [2.75, 3.05) is 19.8 Å². The van der Waals surface area contributed by atoms with Gasteiger partial charge in [-0.25, -0.2) is 0 Å². The number of hydrogen-bond donors (Lipinski definition) is 1. The summed E-state index contributed by atoms with van der Waals surface area (Å²) in [5.41, 5.74) is 3.69. The van der Waals surface area contributed by atoms with Crippen molar-refractivity contribution in [3.63, 3.8) is 0 Å². The summed E-state index contributed by atoms with van der Waals surface area (Å²) in [4.78, 5) is 4.51. The van der Waals surface area contributed by atoms with Gasteiger partial charge in [0.15, 0.2) is 0 Å². The van der Waals surface area contributed by atoms with E-state index in [1.54, 1.807) is 0 Å². The Hall–Kier alpha value is -1.19. The van der Waals surface area contributed by atoms with E-state index in [0.717, 1.165) is 25.1 Å². The Balaban J connectivity index is 1.79. The molecule has 1 aliphatic carbocycles. The fourth-order valence-corrected chi connectivity index (χ4v) is 2.36. The first kappa shape index (κ1) is 13.2. The van der Waals surface area contributed by atoms with Crippen LogP contribution < -0.4 is 5.32 Å². The predicted molar refractivity (Wildman–Crippen MR) is 73.6 cm³/mol. The lowest BCUT2D eigenvalue weighted by Crippen LogP contribution is -2.29. The van der Waals surface area contributed by atoms with E-state index in [1.807, 2.05) is 19.2 Å². The van der Waals surface area contributed by atoms with E-state index in [0.29, 0.717) is 12.6 Å². The minimum Gasteiger partial charge on any atom is -0.376 e. The van der Waals surface area contributed by atoms with Gasteiger partial charge in [0.2, 0.25) is 0 Å². The standard InChI is InChI=1S/C15H22N2O/c1-12(2)11-18-10-9-16-14-7-3-5-13-6-4-8-17-15(13)14/h4,6,8,14,16H,1,3,5,7,9-11H2,2H3. The molecule has 0 spiro atoms. The summed E-state index contributed by atoms with van der Waals surface area (Å²) < 4.78 is 5.49. The molecule has 1 aromatic heterocycles. The third kappa shape index (κ3) is 3.65. The van der Waals surface area contributed by atoms with Crippen molar-refractivity contribution in [3.8, 4) is 0 Å². The third-order valence-electron chi connectivity index (χ3n) is 3.18. The second-order valence-electron chi connectivity index (χ2n) is 4.96. The van der Waals surface area contributed by atoms with E-state index < -0.39 is 0 Å². The second-order valence-corrected chi connectivity index (χ2v) is 4.96. The van der Waals surface area contributed by atoms with Gasteiger partial charge in [-0.2, -0.15) is 0 Å². The molecule has 3 heteroatoms. The van der Waals surface area contributed by atoms with Crippen molar-refractivity contribution in [3.05, 3.63) is 41.7 Å². The minimum atomic E-state index is 0.392. The van der Waals surface area contributed by atoms with Crippen LogP contribution in [0, 0.1) is 0 Å². The van der Waals surface area contributed by atoms with Crippen molar-refractivity contribution < 1.29 is 4.74 Å². The van der Waals surface area contributed by atoms with E-state index >= 15 is 0 Å². The Morgan fingerprint density at radius 1 is 1.61 bits per heavy atom. The Morgan fingerprint density at radius 2 is 2.50 bits per heavy atom.